The third kappa shape index (κ3) is 2.75. The lowest BCUT2D eigenvalue weighted by molar-refractivity contribution is 0.181. The highest BCUT2D eigenvalue weighted by atomic mass is 16.5. The highest BCUT2D eigenvalue weighted by Crippen LogP contribution is 2.21. The fourth-order valence-electron chi connectivity index (χ4n) is 1.63. The third-order valence-electron chi connectivity index (χ3n) is 2.42. The number of nitrogen functional groups attached to an aromatic ring is 1. The Labute approximate surface area is 106 Å². The number of anilines is 1. The molecule has 1 aromatic heterocycles. The summed E-state index contributed by atoms with van der Waals surface area (Å²) in [6, 6.07) is 9.23. The van der Waals surface area contributed by atoms with Crippen molar-refractivity contribution in [2.45, 2.75) is 6.61 Å². The number of nitrogens with two attached hydrogens (primary N) is 1. The number of rotatable bonds is 4. The average Bonchev–Trinajstić information content (AvgIpc) is 2.38. The summed E-state index contributed by atoms with van der Waals surface area (Å²) in [7, 11) is 3.24. The van der Waals surface area contributed by atoms with E-state index < -0.39 is 0 Å². The van der Waals surface area contributed by atoms with Crippen molar-refractivity contribution in [1.29, 1.82) is 0 Å². The van der Waals surface area contributed by atoms with Gasteiger partial charge < -0.3 is 15.2 Å². The second-order valence-electron chi connectivity index (χ2n) is 3.77. The zero-order chi connectivity index (χ0) is 13.0. The molecule has 0 fully saturated rings. The van der Waals surface area contributed by atoms with E-state index in [0.717, 1.165) is 17.0 Å². The summed E-state index contributed by atoms with van der Waals surface area (Å²) in [5, 5.41) is 0. The van der Waals surface area contributed by atoms with Gasteiger partial charge >= 0.3 is 0 Å². The fourth-order valence-corrected chi connectivity index (χ4v) is 1.63. The minimum atomic E-state index is 0.406. The van der Waals surface area contributed by atoms with Crippen LogP contribution >= 0.6 is 0 Å². The largest absolute Gasteiger partial charge is 0.497 e. The Morgan fingerprint density at radius 2 is 2.00 bits per heavy atom. The average molecular weight is 245 g/mol. The van der Waals surface area contributed by atoms with Gasteiger partial charge in [-0.2, -0.15) is 0 Å². The maximum atomic E-state index is 5.76. The standard InChI is InChI=1S/C13H15N3O2/c1-17-8-10-7-12(14)16-13(15-10)9-4-3-5-11(6-9)18-2/h3-7H,8H2,1-2H3,(H2,14,15,16). The number of hydrogen-bond acceptors (Lipinski definition) is 5. The van der Waals surface area contributed by atoms with E-state index in [9.17, 15) is 0 Å². The maximum Gasteiger partial charge on any atom is 0.161 e. The molecule has 2 rings (SSSR count). The Bertz CT molecular complexity index is 544. The molecule has 0 bridgehead atoms. The second-order valence-corrected chi connectivity index (χ2v) is 3.77. The number of ether oxygens (including phenoxy) is 2. The van der Waals surface area contributed by atoms with E-state index in [-0.39, 0.29) is 0 Å². The van der Waals surface area contributed by atoms with E-state index in [1.165, 1.54) is 0 Å². The summed E-state index contributed by atoms with van der Waals surface area (Å²) in [6.45, 7) is 0.406. The lowest BCUT2D eigenvalue weighted by Gasteiger charge is -2.06. The van der Waals surface area contributed by atoms with Gasteiger partial charge in [0.25, 0.3) is 0 Å². The highest BCUT2D eigenvalue weighted by molar-refractivity contribution is 5.59. The van der Waals surface area contributed by atoms with Gasteiger partial charge in [-0.05, 0) is 12.1 Å². The Morgan fingerprint density at radius 3 is 2.72 bits per heavy atom. The van der Waals surface area contributed by atoms with Gasteiger partial charge in [0, 0.05) is 18.7 Å². The Hall–Kier alpha value is -2.14. The molecular formula is C13H15N3O2. The predicted octanol–water partition coefficient (Wildman–Crippen LogP) is 1.88. The number of benzene rings is 1. The molecule has 0 saturated carbocycles. The van der Waals surface area contributed by atoms with Gasteiger partial charge in [0.15, 0.2) is 5.82 Å². The molecule has 0 atom stereocenters. The van der Waals surface area contributed by atoms with Gasteiger partial charge in [0.1, 0.15) is 11.6 Å². The van der Waals surface area contributed by atoms with E-state index in [2.05, 4.69) is 9.97 Å². The van der Waals surface area contributed by atoms with Crippen LogP contribution in [0.15, 0.2) is 30.3 Å². The molecular weight excluding hydrogens is 230 g/mol. The monoisotopic (exact) mass is 245 g/mol. The molecule has 5 nitrogen and oxygen atoms in total. The highest BCUT2D eigenvalue weighted by Gasteiger charge is 2.06. The minimum absolute atomic E-state index is 0.406. The molecule has 18 heavy (non-hydrogen) atoms. The molecule has 0 aliphatic carbocycles. The molecule has 2 N–H and O–H groups in total. The molecule has 0 radical (unpaired) electrons. The van der Waals surface area contributed by atoms with E-state index in [4.69, 9.17) is 15.2 Å². The molecule has 0 unspecified atom stereocenters. The molecule has 0 spiro atoms. The first-order valence-electron chi connectivity index (χ1n) is 5.49. The normalized spacial score (nSPS) is 10.3. The predicted molar refractivity (Wildman–Crippen MR) is 69.1 cm³/mol. The number of methoxy groups -OCH3 is 2. The molecule has 0 aliphatic rings. The van der Waals surface area contributed by atoms with Crippen LogP contribution in [-0.4, -0.2) is 24.2 Å². The van der Waals surface area contributed by atoms with Gasteiger partial charge in [0.05, 0.1) is 19.4 Å². The van der Waals surface area contributed by atoms with Gasteiger partial charge in [-0.3, -0.25) is 0 Å². The topological polar surface area (TPSA) is 70.3 Å². The Morgan fingerprint density at radius 1 is 1.17 bits per heavy atom. The van der Waals surface area contributed by atoms with Crippen LogP contribution in [0.5, 0.6) is 5.75 Å². The SMILES string of the molecule is COCc1cc(N)nc(-c2cccc(OC)c2)n1. The molecule has 1 heterocycles. The lowest BCUT2D eigenvalue weighted by atomic mass is 10.2. The number of aromatic nitrogens is 2. The van der Waals surface area contributed by atoms with Crippen LogP contribution in [-0.2, 0) is 11.3 Å². The van der Waals surface area contributed by atoms with E-state index in [1.807, 2.05) is 24.3 Å². The van der Waals surface area contributed by atoms with Gasteiger partial charge in [0.2, 0.25) is 0 Å². The maximum absolute atomic E-state index is 5.76. The minimum Gasteiger partial charge on any atom is -0.497 e. The molecule has 2 aromatic rings. The summed E-state index contributed by atoms with van der Waals surface area (Å²) in [4.78, 5) is 8.61. The van der Waals surface area contributed by atoms with Gasteiger partial charge in [-0.1, -0.05) is 12.1 Å². The third-order valence-corrected chi connectivity index (χ3v) is 2.42. The van der Waals surface area contributed by atoms with Crippen molar-refractivity contribution in [2.75, 3.05) is 20.0 Å². The zero-order valence-corrected chi connectivity index (χ0v) is 10.4. The zero-order valence-electron chi connectivity index (χ0n) is 10.4. The van der Waals surface area contributed by atoms with Crippen molar-refractivity contribution in [3.05, 3.63) is 36.0 Å². The lowest BCUT2D eigenvalue weighted by Crippen LogP contribution is -2.01. The van der Waals surface area contributed by atoms with Gasteiger partial charge in [-0.25, -0.2) is 9.97 Å². The van der Waals surface area contributed by atoms with Crippen molar-refractivity contribution in [3.63, 3.8) is 0 Å². The first kappa shape index (κ1) is 12.3. The van der Waals surface area contributed by atoms with Crippen LogP contribution in [0.25, 0.3) is 11.4 Å². The Kier molecular flexibility index (Phi) is 3.74. The first-order valence-corrected chi connectivity index (χ1v) is 5.49. The smallest absolute Gasteiger partial charge is 0.161 e. The fraction of sp³-hybridized carbons (Fsp3) is 0.231. The van der Waals surface area contributed by atoms with Crippen LogP contribution in [0, 0.1) is 0 Å². The van der Waals surface area contributed by atoms with Crippen LogP contribution in [0.1, 0.15) is 5.69 Å². The van der Waals surface area contributed by atoms with Crippen molar-refractivity contribution in [1.82, 2.24) is 9.97 Å². The van der Waals surface area contributed by atoms with Crippen LogP contribution in [0.2, 0.25) is 0 Å². The molecule has 94 valence electrons. The first-order chi connectivity index (χ1) is 8.72. The van der Waals surface area contributed by atoms with E-state index in [1.54, 1.807) is 20.3 Å². The van der Waals surface area contributed by atoms with Crippen LogP contribution in [0.3, 0.4) is 0 Å². The second kappa shape index (κ2) is 5.46. The van der Waals surface area contributed by atoms with E-state index in [0.29, 0.717) is 18.2 Å². The van der Waals surface area contributed by atoms with Crippen molar-refractivity contribution in [2.24, 2.45) is 0 Å². The quantitative estimate of drug-likeness (QED) is 0.890. The Balaban J connectivity index is 2.42. The van der Waals surface area contributed by atoms with Crippen molar-refractivity contribution >= 4 is 5.82 Å². The summed E-state index contributed by atoms with van der Waals surface area (Å²) >= 11 is 0. The van der Waals surface area contributed by atoms with Crippen LogP contribution < -0.4 is 10.5 Å². The molecule has 5 heteroatoms. The molecule has 0 saturated heterocycles. The summed E-state index contributed by atoms with van der Waals surface area (Å²) in [6.07, 6.45) is 0. The molecule has 0 amide bonds. The van der Waals surface area contributed by atoms with Gasteiger partial charge in [-0.15, -0.1) is 0 Å². The number of hydrogen-bond donors (Lipinski definition) is 1. The van der Waals surface area contributed by atoms with E-state index >= 15 is 0 Å². The van der Waals surface area contributed by atoms with Crippen molar-refractivity contribution < 1.29 is 9.47 Å². The summed E-state index contributed by atoms with van der Waals surface area (Å²) in [5.41, 5.74) is 7.37. The van der Waals surface area contributed by atoms with Crippen molar-refractivity contribution in [3.8, 4) is 17.1 Å². The number of nitrogens with zero attached hydrogens (tertiary/aromatic N) is 2. The molecule has 0 aliphatic heterocycles. The van der Waals surface area contributed by atoms with Crippen LogP contribution in [0.4, 0.5) is 5.82 Å². The summed E-state index contributed by atoms with van der Waals surface area (Å²) in [5.74, 6) is 1.75. The molecule has 1 aromatic carbocycles. The summed E-state index contributed by atoms with van der Waals surface area (Å²) < 4.78 is 10.2.